The number of hydrogen-bond donors (Lipinski definition) is 0. The van der Waals surface area contributed by atoms with Crippen molar-refractivity contribution in [1.82, 2.24) is 9.97 Å². The third-order valence-corrected chi connectivity index (χ3v) is 2.95. The number of hydrogen-bond acceptors (Lipinski definition) is 2. The molecule has 0 radical (unpaired) electrons. The van der Waals surface area contributed by atoms with Crippen LogP contribution in [-0.2, 0) is 6.42 Å². The van der Waals surface area contributed by atoms with Crippen LogP contribution in [0.25, 0.3) is 11.4 Å². The maximum absolute atomic E-state index is 13.6. The molecule has 1 aromatic heterocycles. The van der Waals surface area contributed by atoms with E-state index in [1.165, 1.54) is 25.0 Å². The Morgan fingerprint density at radius 3 is 2.42 bits per heavy atom. The van der Waals surface area contributed by atoms with Gasteiger partial charge in [0.2, 0.25) is 0 Å². The number of rotatable bonds is 5. The fraction of sp³-hybridized carbons (Fsp3) is 0.333. The van der Waals surface area contributed by atoms with Gasteiger partial charge in [0, 0.05) is 18.5 Å². The van der Waals surface area contributed by atoms with E-state index in [0.29, 0.717) is 0 Å². The van der Waals surface area contributed by atoms with Crippen molar-refractivity contribution in [3.8, 4) is 11.4 Å². The number of aryl methyl sites for hydroxylation is 1. The van der Waals surface area contributed by atoms with E-state index in [4.69, 9.17) is 0 Å². The predicted octanol–water partition coefficient (Wildman–Crippen LogP) is 4.15. The lowest BCUT2D eigenvalue weighted by Crippen LogP contribution is -1.95. The van der Waals surface area contributed by atoms with Crippen molar-refractivity contribution in [2.24, 2.45) is 0 Å². The molecule has 19 heavy (non-hydrogen) atoms. The SMILES string of the molecule is CCCCCc1cnc(-c2ccc(F)cc2F)nc1. The summed E-state index contributed by atoms with van der Waals surface area (Å²) in [7, 11) is 0. The average molecular weight is 262 g/mol. The summed E-state index contributed by atoms with van der Waals surface area (Å²) < 4.78 is 26.4. The number of benzene rings is 1. The lowest BCUT2D eigenvalue weighted by molar-refractivity contribution is 0.585. The Kier molecular flexibility index (Phi) is 4.55. The number of halogens is 2. The lowest BCUT2D eigenvalue weighted by atomic mass is 10.1. The van der Waals surface area contributed by atoms with Crippen molar-refractivity contribution < 1.29 is 8.78 Å². The van der Waals surface area contributed by atoms with E-state index in [2.05, 4.69) is 16.9 Å². The standard InChI is InChI=1S/C15H16F2N2/c1-2-3-4-5-11-9-18-15(19-10-11)13-7-6-12(16)8-14(13)17/h6-10H,2-5H2,1H3. The summed E-state index contributed by atoms with van der Waals surface area (Å²) in [6, 6.07) is 3.40. The molecule has 0 bridgehead atoms. The molecule has 4 heteroatoms. The monoisotopic (exact) mass is 262 g/mol. The van der Waals surface area contributed by atoms with Crippen LogP contribution in [0.4, 0.5) is 8.78 Å². The van der Waals surface area contributed by atoms with Crippen LogP contribution in [0, 0.1) is 11.6 Å². The molecule has 100 valence electrons. The molecule has 0 fully saturated rings. The molecule has 0 saturated carbocycles. The molecule has 0 N–H and O–H groups in total. The van der Waals surface area contributed by atoms with E-state index in [9.17, 15) is 8.78 Å². The maximum Gasteiger partial charge on any atom is 0.162 e. The first-order valence-electron chi connectivity index (χ1n) is 6.47. The zero-order chi connectivity index (χ0) is 13.7. The van der Waals surface area contributed by atoms with Gasteiger partial charge in [0.25, 0.3) is 0 Å². The van der Waals surface area contributed by atoms with Crippen LogP contribution < -0.4 is 0 Å². The van der Waals surface area contributed by atoms with Crippen LogP contribution in [0.15, 0.2) is 30.6 Å². The Bertz CT molecular complexity index is 538. The second kappa shape index (κ2) is 6.36. The topological polar surface area (TPSA) is 25.8 Å². The molecule has 1 aromatic carbocycles. The van der Waals surface area contributed by atoms with Gasteiger partial charge in [-0.25, -0.2) is 18.7 Å². The van der Waals surface area contributed by atoms with Gasteiger partial charge in [-0.1, -0.05) is 19.8 Å². The normalized spacial score (nSPS) is 10.7. The van der Waals surface area contributed by atoms with Gasteiger partial charge in [0.15, 0.2) is 5.82 Å². The Hall–Kier alpha value is -1.84. The van der Waals surface area contributed by atoms with E-state index >= 15 is 0 Å². The summed E-state index contributed by atoms with van der Waals surface area (Å²) in [6.45, 7) is 2.15. The van der Waals surface area contributed by atoms with Gasteiger partial charge in [-0.15, -0.1) is 0 Å². The summed E-state index contributed by atoms with van der Waals surface area (Å²) in [6.07, 6.45) is 7.79. The summed E-state index contributed by atoms with van der Waals surface area (Å²) in [5, 5.41) is 0. The van der Waals surface area contributed by atoms with E-state index < -0.39 is 11.6 Å². The third kappa shape index (κ3) is 3.56. The van der Waals surface area contributed by atoms with Crippen LogP contribution in [-0.4, -0.2) is 9.97 Å². The average Bonchev–Trinajstić information content (AvgIpc) is 2.40. The third-order valence-electron chi connectivity index (χ3n) is 2.95. The van der Waals surface area contributed by atoms with Crippen LogP contribution in [0.5, 0.6) is 0 Å². The molecule has 2 aromatic rings. The predicted molar refractivity (Wildman–Crippen MR) is 70.6 cm³/mol. The van der Waals surface area contributed by atoms with Crippen molar-refractivity contribution in [2.45, 2.75) is 32.6 Å². The molecule has 0 spiro atoms. The molecule has 0 aliphatic carbocycles. The first-order valence-corrected chi connectivity index (χ1v) is 6.47. The minimum Gasteiger partial charge on any atom is -0.236 e. The minimum absolute atomic E-state index is 0.224. The highest BCUT2D eigenvalue weighted by Crippen LogP contribution is 2.19. The minimum atomic E-state index is -0.640. The summed E-state index contributed by atoms with van der Waals surface area (Å²) in [5.41, 5.74) is 1.27. The summed E-state index contributed by atoms with van der Waals surface area (Å²) >= 11 is 0. The van der Waals surface area contributed by atoms with Gasteiger partial charge in [0.05, 0.1) is 5.56 Å². The van der Waals surface area contributed by atoms with Gasteiger partial charge in [0.1, 0.15) is 11.6 Å². The molecule has 2 rings (SSSR count). The molecule has 0 unspecified atom stereocenters. The molecule has 0 aliphatic heterocycles. The lowest BCUT2D eigenvalue weighted by Gasteiger charge is -2.04. The van der Waals surface area contributed by atoms with E-state index in [0.717, 1.165) is 24.5 Å². The Labute approximate surface area is 111 Å². The van der Waals surface area contributed by atoms with E-state index in [1.54, 1.807) is 12.4 Å². The van der Waals surface area contributed by atoms with Gasteiger partial charge < -0.3 is 0 Å². The molecule has 0 aliphatic rings. The van der Waals surface area contributed by atoms with E-state index in [-0.39, 0.29) is 11.4 Å². The second-order valence-electron chi connectivity index (χ2n) is 4.50. The second-order valence-corrected chi connectivity index (χ2v) is 4.50. The quantitative estimate of drug-likeness (QED) is 0.756. The van der Waals surface area contributed by atoms with Crippen molar-refractivity contribution in [1.29, 1.82) is 0 Å². The highest BCUT2D eigenvalue weighted by atomic mass is 19.1. The zero-order valence-electron chi connectivity index (χ0n) is 10.9. The highest BCUT2D eigenvalue weighted by molar-refractivity contribution is 5.55. The molecule has 0 atom stereocenters. The molecular formula is C15H16F2N2. The number of nitrogens with zero attached hydrogens (tertiary/aromatic N) is 2. The highest BCUT2D eigenvalue weighted by Gasteiger charge is 2.08. The van der Waals surface area contributed by atoms with Crippen LogP contribution in [0.3, 0.4) is 0 Å². The van der Waals surface area contributed by atoms with Gasteiger partial charge in [-0.3, -0.25) is 0 Å². The fourth-order valence-corrected chi connectivity index (χ4v) is 1.87. The molecule has 2 nitrogen and oxygen atoms in total. The number of unbranched alkanes of at least 4 members (excludes halogenated alkanes) is 2. The van der Waals surface area contributed by atoms with Crippen molar-refractivity contribution >= 4 is 0 Å². The van der Waals surface area contributed by atoms with Crippen LogP contribution in [0.2, 0.25) is 0 Å². The van der Waals surface area contributed by atoms with Gasteiger partial charge in [-0.05, 0) is 30.5 Å². The first kappa shape index (κ1) is 13.6. The van der Waals surface area contributed by atoms with Crippen molar-refractivity contribution in [3.63, 3.8) is 0 Å². The first-order chi connectivity index (χ1) is 9.20. The molecular weight excluding hydrogens is 246 g/mol. The zero-order valence-corrected chi connectivity index (χ0v) is 10.9. The van der Waals surface area contributed by atoms with E-state index in [1.807, 2.05) is 0 Å². The Morgan fingerprint density at radius 2 is 1.79 bits per heavy atom. The maximum atomic E-state index is 13.6. The van der Waals surface area contributed by atoms with Gasteiger partial charge >= 0.3 is 0 Å². The largest absolute Gasteiger partial charge is 0.236 e. The Balaban J connectivity index is 2.13. The number of aromatic nitrogens is 2. The summed E-state index contributed by atoms with van der Waals surface area (Å²) in [5.74, 6) is -0.951. The van der Waals surface area contributed by atoms with Gasteiger partial charge in [-0.2, -0.15) is 0 Å². The fourth-order valence-electron chi connectivity index (χ4n) is 1.87. The Morgan fingerprint density at radius 1 is 1.05 bits per heavy atom. The summed E-state index contributed by atoms with van der Waals surface area (Å²) in [4.78, 5) is 8.29. The smallest absolute Gasteiger partial charge is 0.162 e. The van der Waals surface area contributed by atoms with Crippen LogP contribution in [0.1, 0.15) is 31.7 Å². The molecule has 0 saturated heterocycles. The van der Waals surface area contributed by atoms with Crippen LogP contribution >= 0.6 is 0 Å². The van der Waals surface area contributed by atoms with Crippen molar-refractivity contribution in [3.05, 3.63) is 47.8 Å². The molecule has 1 heterocycles. The van der Waals surface area contributed by atoms with Crippen molar-refractivity contribution in [2.75, 3.05) is 0 Å². The molecule has 0 amide bonds.